The van der Waals surface area contributed by atoms with Gasteiger partial charge in [0.25, 0.3) is 0 Å². The summed E-state index contributed by atoms with van der Waals surface area (Å²) in [6.07, 6.45) is 0.326. The molecule has 1 saturated heterocycles. The van der Waals surface area contributed by atoms with Crippen molar-refractivity contribution in [3.63, 3.8) is 0 Å². The van der Waals surface area contributed by atoms with E-state index in [2.05, 4.69) is 49.6 Å². The summed E-state index contributed by atoms with van der Waals surface area (Å²) in [6, 6.07) is 22.2. The molecule has 1 aromatic heterocycles. The zero-order valence-corrected chi connectivity index (χ0v) is 16.6. The number of carbonyl (C=O) groups excluding carboxylic acids is 1. The summed E-state index contributed by atoms with van der Waals surface area (Å²) in [5.41, 5.74) is 3.39. The largest absolute Gasteiger partial charge is 0.368 e. The van der Waals surface area contributed by atoms with Crippen molar-refractivity contribution in [1.82, 2.24) is 10.2 Å². The molecule has 1 N–H and O–H groups in total. The first kappa shape index (κ1) is 18.9. The highest BCUT2D eigenvalue weighted by Crippen LogP contribution is 2.19. The lowest BCUT2D eigenvalue weighted by molar-refractivity contribution is -0.115. The molecular weight excluding hydrogens is 362 g/mol. The van der Waals surface area contributed by atoms with Gasteiger partial charge in [-0.25, -0.2) is 0 Å². The zero-order chi connectivity index (χ0) is 20.1. The molecule has 0 bridgehead atoms. The standard InChI is InChI=1S/C23H25N5O/c1-18-6-5-7-19(16-18)17-23(29)24-21-10-11-22(26-25-21)28-14-12-27(13-15-28)20-8-3-2-4-9-20/h2-11,16H,12-15,17H2,1H3,(H,24,25,29). The molecule has 148 valence electrons. The van der Waals surface area contributed by atoms with Gasteiger partial charge in [-0.15, -0.1) is 10.2 Å². The summed E-state index contributed by atoms with van der Waals surface area (Å²) >= 11 is 0. The Hall–Kier alpha value is -3.41. The van der Waals surface area contributed by atoms with Crippen molar-refractivity contribution >= 4 is 23.2 Å². The van der Waals surface area contributed by atoms with Crippen LogP contribution in [0.2, 0.25) is 0 Å². The van der Waals surface area contributed by atoms with Crippen LogP contribution < -0.4 is 15.1 Å². The first-order valence-corrected chi connectivity index (χ1v) is 9.91. The number of aromatic nitrogens is 2. The Labute approximate surface area is 171 Å². The van der Waals surface area contributed by atoms with Gasteiger partial charge in [-0.05, 0) is 36.8 Å². The van der Waals surface area contributed by atoms with Crippen molar-refractivity contribution in [2.75, 3.05) is 41.3 Å². The Morgan fingerprint density at radius 2 is 1.66 bits per heavy atom. The fourth-order valence-electron chi connectivity index (χ4n) is 3.59. The highest BCUT2D eigenvalue weighted by Gasteiger charge is 2.18. The number of benzene rings is 2. The quantitative estimate of drug-likeness (QED) is 0.728. The summed E-state index contributed by atoms with van der Waals surface area (Å²) in [6.45, 7) is 5.69. The number of carbonyl (C=O) groups is 1. The molecule has 0 aliphatic carbocycles. The molecule has 1 aliphatic rings. The van der Waals surface area contributed by atoms with Crippen LogP contribution in [0, 0.1) is 6.92 Å². The van der Waals surface area contributed by atoms with Gasteiger partial charge < -0.3 is 15.1 Å². The maximum atomic E-state index is 12.3. The van der Waals surface area contributed by atoms with Crippen LogP contribution in [-0.4, -0.2) is 42.3 Å². The van der Waals surface area contributed by atoms with Crippen LogP contribution in [0.1, 0.15) is 11.1 Å². The smallest absolute Gasteiger partial charge is 0.229 e. The Kier molecular flexibility index (Phi) is 5.70. The fourth-order valence-corrected chi connectivity index (χ4v) is 3.59. The van der Waals surface area contributed by atoms with E-state index >= 15 is 0 Å². The third-order valence-corrected chi connectivity index (χ3v) is 5.09. The summed E-state index contributed by atoms with van der Waals surface area (Å²) in [5.74, 6) is 1.23. The minimum Gasteiger partial charge on any atom is -0.368 e. The molecule has 2 heterocycles. The second-order valence-electron chi connectivity index (χ2n) is 7.30. The SMILES string of the molecule is Cc1cccc(CC(=O)Nc2ccc(N3CCN(c4ccccc4)CC3)nn2)c1. The molecule has 1 aliphatic heterocycles. The predicted molar refractivity (Wildman–Crippen MR) is 116 cm³/mol. The molecule has 2 aromatic carbocycles. The van der Waals surface area contributed by atoms with E-state index in [0.717, 1.165) is 43.1 Å². The normalized spacial score (nSPS) is 14.0. The molecule has 4 rings (SSSR count). The summed E-state index contributed by atoms with van der Waals surface area (Å²) < 4.78 is 0. The van der Waals surface area contributed by atoms with Crippen molar-refractivity contribution < 1.29 is 4.79 Å². The lowest BCUT2D eigenvalue weighted by Gasteiger charge is -2.36. The first-order valence-electron chi connectivity index (χ1n) is 9.91. The van der Waals surface area contributed by atoms with E-state index in [1.54, 1.807) is 0 Å². The molecule has 1 fully saturated rings. The Morgan fingerprint density at radius 3 is 2.34 bits per heavy atom. The number of piperazine rings is 1. The van der Waals surface area contributed by atoms with Gasteiger partial charge in [0.1, 0.15) is 0 Å². The van der Waals surface area contributed by atoms with E-state index in [1.807, 2.05) is 49.4 Å². The van der Waals surface area contributed by atoms with Crippen molar-refractivity contribution in [2.45, 2.75) is 13.3 Å². The van der Waals surface area contributed by atoms with Crippen LogP contribution >= 0.6 is 0 Å². The number of hydrogen-bond acceptors (Lipinski definition) is 5. The number of para-hydroxylation sites is 1. The van der Waals surface area contributed by atoms with Gasteiger partial charge in [0.2, 0.25) is 5.91 Å². The Bertz CT molecular complexity index is 951. The maximum absolute atomic E-state index is 12.3. The third-order valence-electron chi connectivity index (χ3n) is 5.09. The number of anilines is 3. The highest BCUT2D eigenvalue weighted by molar-refractivity contribution is 5.91. The van der Waals surface area contributed by atoms with Crippen molar-refractivity contribution in [1.29, 1.82) is 0 Å². The monoisotopic (exact) mass is 387 g/mol. The molecule has 0 spiro atoms. The van der Waals surface area contributed by atoms with Gasteiger partial charge in [-0.3, -0.25) is 4.79 Å². The number of rotatable bonds is 5. The second-order valence-corrected chi connectivity index (χ2v) is 7.30. The highest BCUT2D eigenvalue weighted by atomic mass is 16.1. The van der Waals surface area contributed by atoms with Crippen LogP contribution in [0.4, 0.5) is 17.3 Å². The van der Waals surface area contributed by atoms with Crippen molar-refractivity contribution in [3.05, 3.63) is 77.9 Å². The second kappa shape index (κ2) is 8.73. The van der Waals surface area contributed by atoms with E-state index in [9.17, 15) is 4.79 Å². The minimum absolute atomic E-state index is 0.0888. The number of nitrogens with one attached hydrogen (secondary N) is 1. The van der Waals surface area contributed by atoms with E-state index < -0.39 is 0 Å². The molecule has 6 heteroatoms. The Balaban J connectivity index is 1.31. The van der Waals surface area contributed by atoms with Crippen molar-refractivity contribution in [3.8, 4) is 0 Å². The third kappa shape index (κ3) is 4.90. The van der Waals surface area contributed by atoms with Gasteiger partial charge in [-0.1, -0.05) is 48.0 Å². The zero-order valence-electron chi connectivity index (χ0n) is 16.6. The van der Waals surface area contributed by atoms with Gasteiger partial charge in [-0.2, -0.15) is 0 Å². The number of hydrogen-bond donors (Lipinski definition) is 1. The van der Waals surface area contributed by atoms with Gasteiger partial charge >= 0.3 is 0 Å². The molecule has 29 heavy (non-hydrogen) atoms. The molecule has 0 saturated carbocycles. The summed E-state index contributed by atoms with van der Waals surface area (Å²) in [4.78, 5) is 16.9. The topological polar surface area (TPSA) is 61.4 Å². The molecule has 0 atom stereocenters. The van der Waals surface area contributed by atoms with Crippen LogP contribution in [-0.2, 0) is 11.2 Å². The lowest BCUT2D eigenvalue weighted by Crippen LogP contribution is -2.46. The van der Waals surface area contributed by atoms with Crippen LogP contribution in [0.5, 0.6) is 0 Å². The fraction of sp³-hybridized carbons (Fsp3) is 0.261. The summed E-state index contributed by atoms with van der Waals surface area (Å²) in [7, 11) is 0. The Morgan fingerprint density at radius 1 is 0.897 bits per heavy atom. The average Bonchev–Trinajstić information content (AvgIpc) is 2.75. The molecule has 1 amide bonds. The first-order chi connectivity index (χ1) is 14.2. The van der Waals surface area contributed by atoms with E-state index in [-0.39, 0.29) is 5.91 Å². The molecule has 6 nitrogen and oxygen atoms in total. The van der Waals surface area contributed by atoms with Crippen LogP contribution in [0.25, 0.3) is 0 Å². The van der Waals surface area contributed by atoms with E-state index in [0.29, 0.717) is 12.2 Å². The number of aryl methyl sites for hydroxylation is 1. The molecule has 0 radical (unpaired) electrons. The molecular formula is C23H25N5O. The molecule has 0 unspecified atom stereocenters. The number of nitrogens with zero attached hydrogens (tertiary/aromatic N) is 4. The minimum atomic E-state index is -0.0888. The van der Waals surface area contributed by atoms with Crippen molar-refractivity contribution in [2.24, 2.45) is 0 Å². The maximum Gasteiger partial charge on any atom is 0.229 e. The van der Waals surface area contributed by atoms with Gasteiger partial charge in [0.05, 0.1) is 6.42 Å². The van der Waals surface area contributed by atoms with Crippen LogP contribution in [0.15, 0.2) is 66.7 Å². The summed E-state index contributed by atoms with van der Waals surface area (Å²) in [5, 5.41) is 11.3. The van der Waals surface area contributed by atoms with Gasteiger partial charge in [0, 0.05) is 31.9 Å². The molecule has 3 aromatic rings. The predicted octanol–water partition coefficient (Wildman–Crippen LogP) is 3.29. The lowest BCUT2D eigenvalue weighted by atomic mass is 10.1. The van der Waals surface area contributed by atoms with Crippen LogP contribution in [0.3, 0.4) is 0 Å². The number of amides is 1. The van der Waals surface area contributed by atoms with Gasteiger partial charge in [0.15, 0.2) is 11.6 Å². The van der Waals surface area contributed by atoms with E-state index in [4.69, 9.17) is 0 Å². The van der Waals surface area contributed by atoms with E-state index in [1.165, 1.54) is 5.69 Å². The average molecular weight is 387 g/mol.